The fourth-order valence-corrected chi connectivity index (χ4v) is 1.88. The van der Waals surface area contributed by atoms with Crippen molar-refractivity contribution >= 4 is 23.0 Å². The van der Waals surface area contributed by atoms with Crippen molar-refractivity contribution in [3.63, 3.8) is 0 Å². The molecule has 4 N–H and O–H groups in total. The van der Waals surface area contributed by atoms with E-state index in [2.05, 4.69) is 24.5 Å². The Balaban J connectivity index is 2.35. The number of hydrogen-bond donors (Lipinski definition) is 3. The van der Waals surface area contributed by atoms with Gasteiger partial charge in [0.25, 0.3) is 0 Å². The third kappa shape index (κ3) is 2.10. The van der Waals surface area contributed by atoms with Crippen LogP contribution in [0.15, 0.2) is 12.1 Å². The van der Waals surface area contributed by atoms with Crippen LogP contribution in [0.3, 0.4) is 0 Å². The number of rotatable bonds is 2. The van der Waals surface area contributed by atoms with Gasteiger partial charge >= 0.3 is 0 Å². The fraction of sp³-hybridized carbons (Fsp3) is 0.417. The zero-order valence-corrected chi connectivity index (χ0v) is 9.63. The summed E-state index contributed by atoms with van der Waals surface area (Å²) < 4.78 is 0. The van der Waals surface area contributed by atoms with Gasteiger partial charge in [0.05, 0.1) is 11.4 Å². The Bertz CT molecular complexity index is 427. The molecule has 0 aromatic heterocycles. The van der Waals surface area contributed by atoms with E-state index >= 15 is 0 Å². The quantitative estimate of drug-likeness (QED) is 0.666. The first-order valence-electron chi connectivity index (χ1n) is 5.55. The first-order chi connectivity index (χ1) is 7.56. The van der Waals surface area contributed by atoms with Gasteiger partial charge in [0.15, 0.2) is 0 Å². The molecule has 0 radical (unpaired) electrons. The average Bonchev–Trinajstić information content (AvgIpc) is 2.19. The topological polar surface area (TPSA) is 67.1 Å². The number of carbonyl (C=O) groups excluding carboxylic acids is 1. The highest BCUT2D eigenvalue weighted by Crippen LogP contribution is 2.31. The lowest BCUT2D eigenvalue weighted by molar-refractivity contribution is -0.116. The molecule has 1 heterocycles. The molecule has 1 aromatic rings. The lowest BCUT2D eigenvalue weighted by atomic mass is 10.0. The first kappa shape index (κ1) is 10.8. The Kier molecular flexibility index (Phi) is 2.73. The van der Waals surface area contributed by atoms with Gasteiger partial charge in [0.2, 0.25) is 5.91 Å². The Labute approximate surface area is 95.2 Å². The van der Waals surface area contributed by atoms with Crippen molar-refractivity contribution in [1.82, 2.24) is 0 Å². The van der Waals surface area contributed by atoms with Crippen LogP contribution in [0.5, 0.6) is 0 Å². The van der Waals surface area contributed by atoms with Crippen molar-refractivity contribution in [3.8, 4) is 0 Å². The van der Waals surface area contributed by atoms with E-state index in [-0.39, 0.29) is 5.91 Å². The van der Waals surface area contributed by atoms with Gasteiger partial charge in [0, 0.05) is 18.2 Å². The predicted molar refractivity (Wildman–Crippen MR) is 66.6 cm³/mol. The standard InChI is InChI=1S/C12H17N3O/c1-7(2)14-11-6-10-8(5-9(11)13)3-4-12(16)15-10/h5-7,14H,3-4,13H2,1-2H3,(H,15,16). The molecule has 2 rings (SSSR count). The summed E-state index contributed by atoms with van der Waals surface area (Å²) in [7, 11) is 0. The molecule has 0 bridgehead atoms. The molecule has 0 atom stereocenters. The number of nitrogen functional groups attached to an aromatic ring is 1. The van der Waals surface area contributed by atoms with Crippen LogP contribution in [0.2, 0.25) is 0 Å². The van der Waals surface area contributed by atoms with Crippen LogP contribution in [0.25, 0.3) is 0 Å². The first-order valence-corrected chi connectivity index (χ1v) is 5.55. The molecule has 86 valence electrons. The van der Waals surface area contributed by atoms with E-state index in [4.69, 9.17) is 5.73 Å². The van der Waals surface area contributed by atoms with E-state index in [1.807, 2.05) is 12.1 Å². The summed E-state index contributed by atoms with van der Waals surface area (Å²) in [5.74, 6) is 0.0766. The molecule has 0 spiro atoms. The fourth-order valence-electron chi connectivity index (χ4n) is 1.88. The van der Waals surface area contributed by atoms with Crippen molar-refractivity contribution in [2.45, 2.75) is 32.7 Å². The lowest BCUT2D eigenvalue weighted by Crippen LogP contribution is -2.20. The second kappa shape index (κ2) is 4.04. The van der Waals surface area contributed by atoms with Gasteiger partial charge in [-0.1, -0.05) is 0 Å². The molecule has 1 aliphatic rings. The van der Waals surface area contributed by atoms with E-state index in [9.17, 15) is 4.79 Å². The molecular formula is C12H17N3O. The Morgan fingerprint density at radius 1 is 1.38 bits per heavy atom. The maximum absolute atomic E-state index is 11.3. The summed E-state index contributed by atoms with van der Waals surface area (Å²) in [6.07, 6.45) is 1.32. The minimum absolute atomic E-state index is 0.0766. The number of anilines is 3. The molecule has 4 nitrogen and oxygen atoms in total. The molecule has 1 amide bonds. The van der Waals surface area contributed by atoms with Crippen LogP contribution in [-0.2, 0) is 11.2 Å². The molecule has 1 aliphatic heterocycles. The van der Waals surface area contributed by atoms with Crippen molar-refractivity contribution in [1.29, 1.82) is 0 Å². The number of carbonyl (C=O) groups is 1. The highest BCUT2D eigenvalue weighted by atomic mass is 16.1. The van der Waals surface area contributed by atoms with Crippen molar-refractivity contribution in [3.05, 3.63) is 17.7 Å². The SMILES string of the molecule is CC(C)Nc1cc2c(cc1N)CCC(=O)N2. The minimum atomic E-state index is 0.0766. The number of nitrogens with two attached hydrogens (primary N) is 1. The molecule has 0 fully saturated rings. The molecule has 0 aliphatic carbocycles. The van der Waals surface area contributed by atoms with Gasteiger partial charge in [0.1, 0.15) is 0 Å². The van der Waals surface area contributed by atoms with Gasteiger partial charge in [-0.3, -0.25) is 4.79 Å². The summed E-state index contributed by atoms with van der Waals surface area (Å²) in [6, 6.07) is 4.18. The largest absolute Gasteiger partial charge is 0.397 e. The van der Waals surface area contributed by atoms with Gasteiger partial charge in [-0.2, -0.15) is 0 Å². The Hall–Kier alpha value is -1.71. The second-order valence-corrected chi connectivity index (χ2v) is 4.44. The minimum Gasteiger partial charge on any atom is -0.397 e. The van der Waals surface area contributed by atoms with E-state index < -0.39 is 0 Å². The van der Waals surface area contributed by atoms with Gasteiger partial charge in [-0.15, -0.1) is 0 Å². The zero-order chi connectivity index (χ0) is 11.7. The van der Waals surface area contributed by atoms with Gasteiger partial charge in [-0.25, -0.2) is 0 Å². The zero-order valence-electron chi connectivity index (χ0n) is 9.63. The number of fused-ring (bicyclic) bond motifs is 1. The molecule has 1 aromatic carbocycles. The van der Waals surface area contributed by atoms with E-state index in [0.717, 1.165) is 29.0 Å². The highest BCUT2D eigenvalue weighted by molar-refractivity contribution is 5.95. The molecule has 16 heavy (non-hydrogen) atoms. The third-order valence-corrected chi connectivity index (χ3v) is 2.62. The van der Waals surface area contributed by atoms with Gasteiger partial charge < -0.3 is 16.4 Å². The molecule has 0 unspecified atom stereocenters. The average molecular weight is 219 g/mol. The highest BCUT2D eigenvalue weighted by Gasteiger charge is 2.16. The summed E-state index contributed by atoms with van der Waals surface area (Å²) in [6.45, 7) is 4.11. The summed E-state index contributed by atoms with van der Waals surface area (Å²) in [5.41, 5.74) is 9.58. The van der Waals surface area contributed by atoms with Crippen molar-refractivity contribution in [2.75, 3.05) is 16.4 Å². The van der Waals surface area contributed by atoms with Crippen molar-refractivity contribution < 1.29 is 4.79 Å². The Morgan fingerprint density at radius 3 is 2.81 bits per heavy atom. The lowest BCUT2D eigenvalue weighted by Gasteiger charge is -2.20. The second-order valence-electron chi connectivity index (χ2n) is 4.44. The van der Waals surface area contributed by atoms with Gasteiger partial charge in [-0.05, 0) is 38.0 Å². The number of nitrogens with one attached hydrogen (secondary N) is 2. The van der Waals surface area contributed by atoms with E-state index in [1.165, 1.54) is 0 Å². The van der Waals surface area contributed by atoms with Crippen LogP contribution < -0.4 is 16.4 Å². The maximum atomic E-state index is 11.3. The number of aryl methyl sites for hydroxylation is 1. The molecular weight excluding hydrogens is 202 g/mol. The smallest absolute Gasteiger partial charge is 0.224 e. The molecule has 0 saturated carbocycles. The number of benzene rings is 1. The van der Waals surface area contributed by atoms with Crippen molar-refractivity contribution in [2.24, 2.45) is 0 Å². The third-order valence-electron chi connectivity index (χ3n) is 2.62. The molecule has 4 heteroatoms. The summed E-state index contributed by atoms with van der Waals surface area (Å²) in [5, 5.41) is 6.13. The van der Waals surface area contributed by atoms with Crippen LogP contribution in [0, 0.1) is 0 Å². The Morgan fingerprint density at radius 2 is 2.12 bits per heavy atom. The maximum Gasteiger partial charge on any atom is 0.224 e. The van der Waals surface area contributed by atoms with Crippen LogP contribution >= 0.6 is 0 Å². The van der Waals surface area contributed by atoms with E-state index in [0.29, 0.717) is 12.5 Å². The number of hydrogen-bond acceptors (Lipinski definition) is 3. The summed E-state index contributed by atoms with van der Waals surface area (Å²) in [4.78, 5) is 11.3. The van der Waals surface area contributed by atoms with Crippen LogP contribution in [0.4, 0.5) is 17.1 Å². The predicted octanol–water partition coefficient (Wildman–Crippen LogP) is 1.97. The number of amides is 1. The normalized spacial score (nSPS) is 14.6. The van der Waals surface area contributed by atoms with E-state index in [1.54, 1.807) is 0 Å². The molecule has 0 saturated heterocycles. The van der Waals surface area contributed by atoms with Crippen LogP contribution in [-0.4, -0.2) is 11.9 Å². The summed E-state index contributed by atoms with van der Waals surface area (Å²) >= 11 is 0. The van der Waals surface area contributed by atoms with Crippen LogP contribution in [0.1, 0.15) is 25.8 Å². The monoisotopic (exact) mass is 219 g/mol.